The van der Waals surface area contributed by atoms with Crippen molar-refractivity contribution < 1.29 is 18.9 Å². The molecule has 0 aliphatic carbocycles. The average Bonchev–Trinajstić information content (AvgIpc) is 3.25. The van der Waals surface area contributed by atoms with E-state index in [4.69, 9.17) is 9.15 Å². The minimum absolute atomic E-state index is 0.0337. The molecule has 0 saturated heterocycles. The van der Waals surface area contributed by atoms with Gasteiger partial charge in [0.05, 0.1) is 16.8 Å². The van der Waals surface area contributed by atoms with Gasteiger partial charge in [-0.05, 0) is 67.1 Å². The summed E-state index contributed by atoms with van der Waals surface area (Å²) in [7, 11) is 0. The summed E-state index contributed by atoms with van der Waals surface area (Å²) >= 11 is 0. The first kappa shape index (κ1) is 20.7. The van der Waals surface area contributed by atoms with Crippen LogP contribution < -0.4 is 4.74 Å². The molecule has 1 heterocycles. The third-order valence-electron chi connectivity index (χ3n) is 4.64. The molecule has 0 unspecified atom stereocenters. The Morgan fingerprint density at radius 2 is 1.75 bits per heavy atom. The Labute approximate surface area is 183 Å². The lowest BCUT2D eigenvalue weighted by molar-refractivity contribution is -0.384. The molecule has 0 radical (unpaired) electrons. The van der Waals surface area contributed by atoms with Crippen LogP contribution in [0.1, 0.15) is 28.7 Å². The summed E-state index contributed by atoms with van der Waals surface area (Å²) in [5.41, 5.74) is 2.41. The monoisotopic (exact) mass is 426 g/mol. The molecular weight excluding hydrogens is 408 g/mol. The number of fused-ring (bicyclic) bond motifs is 1. The first-order valence-corrected chi connectivity index (χ1v) is 9.80. The fourth-order valence-electron chi connectivity index (χ4n) is 3.06. The molecule has 3 aromatic carbocycles. The third kappa shape index (κ3) is 4.46. The zero-order valence-corrected chi connectivity index (χ0v) is 17.1. The van der Waals surface area contributed by atoms with Crippen molar-refractivity contribution in [2.45, 2.75) is 6.92 Å². The van der Waals surface area contributed by atoms with Crippen molar-refractivity contribution in [2.24, 2.45) is 0 Å². The Hall–Kier alpha value is -4.52. The van der Waals surface area contributed by atoms with Crippen LogP contribution >= 0.6 is 0 Å². The highest BCUT2D eigenvalue weighted by Crippen LogP contribution is 2.27. The predicted octanol–water partition coefficient (Wildman–Crippen LogP) is 6.07. The number of allylic oxidation sites excluding steroid dienone is 2. The highest BCUT2D eigenvalue weighted by molar-refractivity contribution is 6.31. The number of hydrogen-bond acceptors (Lipinski definition) is 6. The number of carbonyl (C=O) groups excluding carboxylic acids is 1. The summed E-state index contributed by atoms with van der Waals surface area (Å²) in [6.45, 7) is 1.84. The van der Waals surface area contributed by atoms with E-state index in [0.29, 0.717) is 28.0 Å². The number of nitro groups is 1. The zero-order valence-electron chi connectivity index (χ0n) is 17.1. The van der Waals surface area contributed by atoms with Crippen molar-refractivity contribution >= 4 is 34.2 Å². The van der Waals surface area contributed by atoms with Gasteiger partial charge in [0, 0.05) is 17.7 Å². The molecule has 0 spiro atoms. The van der Waals surface area contributed by atoms with Gasteiger partial charge in [-0.15, -0.1) is 0 Å². The van der Waals surface area contributed by atoms with Crippen LogP contribution in [0.15, 0.2) is 89.6 Å². The van der Waals surface area contributed by atoms with Crippen molar-refractivity contribution in [3.63, 3.8) is 0 Å². The van der Waals surface area contributed by atoms with Gasteiger partial charge in [-0.1, -0.05) is 18.2 Å². The number of nitrogens with zero attached hydrogens (tertiary/aromatic N) is 2. The number of aromatic nitrogens is 1. The number of rotatable bonds is 7. The van der Waals surface area contributed by atoms with Crippen LogP contribution in [0.3, 0.4) is 0 Å². The summed E-state index contributed by atoms with van der Waals surface area (Å²) < 4.78 is 11.3. The Kier molecular flexibility index (Phi) is 5.89. The second-order valence-corrected chi connectivity index (χ2v) is 6.83. The van der Waals surface area contributed by atoms with Crippen molar-refractivity contribution in [1.82, 2.24) is 4.98 Å². The third-order valence-corrected chi connectivity index (χ3v) is 4.64. The standard InChI is InChI=1S/C25H18N2O5/c1-2-15-31-20-13-9-18(10-14-20)24(28)21(16-17-7-11-19(12-8-17)27(29)30)25-26-22-5-3-4-6-23(22)32-25/h2-16H,1H3. The Balaban J connectivity index is 1.76. The Morgan fingerprint density at radius 1 is 1.03 bits per heavy atom. The van der Waals surface area contributed by atoms with E-state index in [0.717, 1.165) is 0 Å². The molecule has 0 saturated carbocycles. The van der Waals surface area contributed by atoms with E-state index in [2.05, 4.69) is 4.98 Å². The lowest BCUT2D eigenvalue weighted by Gasteiger charge is -2.06. The van der Waals surface area contributed by atoms with Gasteiger partial charge < -0.3 is 9.15 Å². The van der Waals surface area contributed by atoms with Gasteiger partial charge >= 0.3 is 0 Å². The summed E-state index contributed by atoms with van der Waals surface area (Å²) in [5, 5.41) is 10.9. The number of Topliss-reactive ketones (excluding diaryl/α,β-unsaturated/α-hetero) is 1. The van der Waals surface area contributed by atoms with Crippen LogP contribution in [0.5, 0.6) is 5.75 Å². The first-order chi connectivity index (χ1) is 15.5. The number of para-hydroxylation sites is 2. The van der Waals surface area contributed by atoms with Gasteiger partial charge in [-0.2, -0.15) is 0 Å². The minimum Gasteiger partial charge on any atom is -0.465 e. The number of non-ortho nitro benzene ring substituents is 1. The van der Waals surface area contributed by atoms with E-state index < -0.39 is 4.92 Å². The summed E-state index contributed by atoms with van der Waals surface area (Å²) in [5.74, 6) is 0.471. The van der Waals surface area contributed by atoms with E-state index in [1.54, 1.807) is 66.9 Å². The first-order valence-electron chi connectivity index (χ1n) is 9.80. The molecule has 7 heteroatoms. The molecule has 0 N–H and O–H groups in total. The highest BCUT2D eigenvalue weighted by Gasteiger charge is 2.20. The summed E-state index contributed by atoms with van der Waals surface area (Å²) in [6.07, 6.45) is 4.92. The second-order valence-electron chi connectivity index (χ2n) is 6.83. The predicted molar refractivity (Wildman–Crippen MR) is 121 cm³/mol. The van der Waals surface area contributed by atoms with Gasteiger partial charge in [-0.3, -0.25) is 14.9 Å². The number of oxazole rings is 1. The number of ether oxygens (including phenoxy) is 1. The number of benzene rings is 3. The smallest absolute Gasteiger partial charge is 0.269 e. The Morgan fingerprint density at radius 3 is 2.41 bits per heavy atom. The van der Waals surface area contributed by atoms with Gasteiger partial charge in [0.2, 0.25) is 5.89 Å². The van der Waals surface area contributed by atoms with Crippen LogP contribution in [0.4, 0.5) is 5.69 Å². The van der Waals surface area contributed by atoms with Crippen LogP contribution in [0.25, 0.3) is 22.7 Å². The molecular formula is C25H18N2O5. The zero-order chi connectivity index (χ0) is 22.5. The molecule has 1 aromatic heterocycles. The van der Waals surface area contributed by atoms with Gasteiger partial charge in [0.1, 0.15) is 11.3 Å². The van der Waals surface area contributed by atoms with Crippen molar-refractivity contribution in [3.05, 3.63) is 112 Å². The highest BCUT2D eigenvalue weighted by atomic mass is 16.6. The summed E-state index contributed by atoms with van der Waals surface area (Å²) in [4.78, 5) is 28.3. The molecule has 0 bridgehead atoms. The average molecular weight is 426 g/mol. The molecule has 0 aliphatic rings. The van der Waals surface area contributed by atoms with E-state index >= 15 is 0 Å². The van der Waals surface area contributed by atoms with E-state index in [1.165, 1.54) is 12.1 Å². The van der Waals surface area contributed by atoms with Crippen molar-refractivity contribution in [1.29, 1.82) is 0 Å². The fourth-order valence-corrected chi connectivity index (χ4v) is 3.06. The van der Waals surface area contributed by atoms with Gasteiger partial charge in [0.15, 0.2) is 11.4 Å². The summed E-state index contributed by atoms with van der Waals surface area (Å²) in [6, 6.07) is 19.8. The van der Waals surface area contributed by atoms with E-state index in [-0.39, 0.29) is 22.9 Å². The normalized spacial score (nSPS) is 11.7. The number of hydrogen-bond donors (Lipinski definition) is 0. The molecule has 158 valence electrons. The lowest BCUT2D eigenvalue weighted by atomic mass is 10.0. The van der Waals surface area contributed by atoms with E-state index in [9.17, 15) is 14.9 Å². The van der Waals surface area contributed by atoms with Crippen LogP contribution in [0.2, 0.25) is 0 Å². The SMILES string of the molecule is CC=COc1ccc(C(=O)C(=Cc2ccc([N+](=O)[O-])cc2)c2nc3ccccc3o2)cc1. The van der Waals surface area contributed by atoms with Crippen LogP contribution in [0, 0.1) is 10.1 Å². The van der Waals surface area contributed by atoms with Gasteiger partial charge in [0.25, 0.3) is 5.69 Å². The quantitative estimate of drug-likeness (QED) is 0.117. The molecule has 32 heavy (non-hydrogen) atoms. The molecule has 7 nitrogen and oxygen atoms in total. The Bertz CT molecular complexity index is 1300. The minimum atomic E-state index is -0.474. The molecule has 0 atom stereocenters. The van der Waals surface area contributed by atoms with Crippen molar-refractivity contribution in [3.8, 4) is 5.75 Å². The maximum atomic E-state index is 13.4. The maximum absolute atomic E-state index is 13.4. The molecule has 0 aliphatic heterocycles. The molecule has 0 amide bonds. The van der Waals surface area contributed by atoms with E-state index in [1.807, 2.05) is 19.1 Å². The fraction of sp³-hybridized carbons (Fsp3) is 0.0400. The van der Waals surface area contributed by atoms with Gasteiger partial charge in [-0.25, -0.2) is 4.98 Å². The number of ketones is 1. The maximum Gasteiger partial charge on any atom is 0.269 e. The van der Waals surface area contributed by atoms with Crippen LogP contribution in [-0.2, 0) is 0 Å². The number of carbonyl (C=O) groups is 1. The van der Waals surface area contributed by atoms with Crippen molar-refractivity contribution in [2.75, 3.05) is 0 Å². The lowest BCUT2D eigenvalue weighted by Crippen LogP contribution is -2.03. The second kappa shape index (κ2) is 9.09. The topological polar surface area (TPSA) is 95.5 Å². The molecule has 4 aromatic rings. The number of nitro benzene ring substituents is 1. The molecule has 4 rings (SSSR count). The van der Waals surface area contributed by atoms with Crippen LogP contribution in [-0.4, -0.2) is 15.7 Å². The largest absolute Gasteiger partial charge is 0.465 e. The molecule has 0 fully saturated rings.